The molecule has 12 nitrogen and oxygen atoms in total. The number of aromatic nitrogens is 1. The standard InChI is InChI=1S/C31H40FNO11/c1-14(2)24-20(10-9-18(34)11-19(35)12-22(36)37)23(16-5-7-17(32)8-6-16)21(25(33-24)15(3)4)13-43-31-28(40)26(38)27(39)29(44-31)30(41)42/h5-10,14-15,18-19,26-29,31,34-35,38-40H,11-13H2,1-4H3,(H,36,37)(H,41,42)/b10-9+/t18-,19-,26+,27+,28+,29?,31-/m1/s1. The van der Waals surface area contributed by atoms with Gasteiger partial charge >= 0.3 is 11.9 Å². The van der Waals surface area contributed by atoms with Gasteiger partial charge in [0.05, 0.1) is 30.9 Å². The Labute approximate surface area is 254 Å². The fourth-order valence-corrected chi connectivity index (χ4v) is 5.06. The Bertz CT molecular complexity index is 1330. The smallest absolute Gasteiger partial charge is 0.335 e. The van der Waals surface area contributed by atoms with Crippen molar-refractivity contribution < 1.29 is 59.2 Å². The van der Waals surface area contributed by atoms with Crippen molar-refractivity contribution in [1.29, 1.82) is 0 Å². The molecule has 0 saturated carbocycles. The van der Waals surface area contributed by atoms with Crippen LogP contribution in [-0.4, -0.2) is 95.6 Å². The Hall–Kier alpha value is -3.30. The van der Waals surface area contributed by atoms with Crippen LogP contribution >= 0.6 is 0 Å². The number of aliphatic carboxylic acids is 2. The van der Waals surface area contributed by atoms with Crippen molar-refractivity contribution in [2.75, 3.05) is 0 Å². The number of pyridine rings is 1. The zero-order chi connectivity index (χ0) is 32.9. The van der Waals surface area contributed by atoms with E-state index < -0.39 is 67.1 Å². The topological polar surface area (TPSA) is 207 Å². The third-order valence-corrected chi connectivity index (χ3v) is 7.24. The second-order valence-corrected chi connectivity index (χ2v) is 11.4. The molecule has 0 spiro atoms. The molecule has 7 atom stereocenters. The molecule has 1 aliphatic rings. The molecule has 0 radical (unpaired) electrons. The SMILES string of the molecule is CC(C)c1nc(C(C)C)c(CO[C@@H]2OC(C(=O)O)[C@@H](O)[C@H](O)[C@@H]2O)c(-c2ccc(F)cc2)c1/C=C/[C@@H](O)C[C@@H](O)CC(=O)O. The highest BCUT2D eigenvalue weighted by atomic mass is 19.1. The molecular weight excluding hydrogens is 581 g/mol. The van der Waals surface area contributed by atoms with Gasteiger partial charge in [-0.05, 0) is 35.1 Å². The predicted octanol–water partition coefficient (Wildman–Crippen LogP) is 2.14. The molecule has 242 valence electrons. The molecule has 0 bridgehead atoms. The highest BCUT2D eigenvalue weighted by molar-refractivity contribution is 5.80. The van der Waals surface area contributed by atoms with Gasteiger partial charge in [0.2, 0.25) is 0 Å². The monoisotopic (exact) mass is 621 g/mol. The summed E-state index contributed by atoms with van der Waals surface area (Å²) in [4.78, 5) is 27.4. The predicted molar refractivity (Wildman–Crippen MR) is 155 cm³/mol. The highest BCUT2D eigenvalue weighted by Gasteiger charge is 2.47. The first-order chi connectivity index (χ1) is 20.6. The molecule has 44 heavy (non-hydrogen) atoms. The second-order valence-electron chi connectivity index (χ2n) is 11.4. The normalized spacial score (nSPS) is 23.8. The number of halogens is 1. The van der Waals surface area contributed by atoms with Crippen LogP contribution in [0, 0.1) is 5.82 Å². The average molecular weight is 622 g/mol. The fraction of sp³-hybridized carbons (Fsp3) is 0.516. The van der Waals surface area contributed by atoms with E-state index in [4.69, 9.17) is 19.6 Å². The number of hydrogen-bond donors (Lipinski definition) is 7. The van der Waals surface area contributed by atoms with Crippen molar-refractivity contribution in [2.45, 2.75) is 102 Å². The van der Waals surface area contributed by atoms with E-state index in [0.717, 1.165) is 0 Å². The van der Waals surface area contributed by atoms with Crippen LogP contribution in [0.3, 0.4) is 0 Å². The Morgan fingerprint density at radius 1 is 0.977 bits per heavy atom. The third-order valence-electron chi connectivity index (χ3n) is 7.24. The van der Waals surface area contributed by atoms with Gasteiger partial charge in [0.15, 0.2) is 12.4 Å². The first kappa shape index (κ1) is 35.2. The van der Waals surface area contributed by atoms with Gasteiger partial charge in [-0.3, -0.25) is 9.78 Å². The molecule has 0 aliphatic carbocycles. The Morgan fingerprint density at radius 3 is 2.14 bits per heavy atom. The highest BCUT2D eigenvalue weighted by Crippen LogP contribution is 2.38. The van der Waals surface area contributed by atoms with Gasteiger partial charge in [0.25, 0.3) is 0 Å². The quantitative estimate of drug-likeness (QED) is 0.172. The van der Waals surface area contributed by atoms with E-state index in [2.05, 4.69) is 0 Å². The minimum atomic E-state index is -1.90. The van der Waals surface area contributed by atoms with Crippen LogP contribution in [0.15, 0.2) is 30.3 Å². The van der Waals surface area contributed by atoms with E-state index in [0.29, 0.717) is 33.6 Å². The number of hydrogen-bond acceptors (Lipinski definition) is 10. The minimum absolute atomic E-state index is 0.146. The molecule has 1 aromatic carbocycles. The van der Waals surface area contributed by atoms with E-state index in [9.17, 15) is 44.6 Å². The molecule has 2 heterocycles. The third kappa shape index (κ3) is 8.45. The lowest BCUT2D eigenvalue weighted by Crippen LogP contribution is -2.60. The van der Waals surface area contributed by atoms with Crippen LogP contribution in [0.1, 0.15) is 74.9 Å². The van der Waals surface area contributed by atoms with Crippen LogP contribution in [0.4, 0.5) is 4.39 Å². The van der Waals surface area contributed by atoms with Gasteiger partial charge < -0.3 is 45.2 Å². The molecule has 3 rings (SSSR count). The zero-order valence-corrected chi connectivity index (χ0v) is 24.9. The zero-order valence-electron chi connectivity index (χ0n) is 24.9. The van der Waals surface area contributed by atoms with Gasteiger partial charge in [-0.2, -0.15) is 0 Å². The number of aliphatic hydroxyl groups excluding tert-OH is 5. The van der Waals surface area contributed by atoms with Crippen LogP contribution < -0.4 is 0 Å². The molecule has 1 aliphatic heterocycles. The fourth-order valence-electron chi connectivity index (χ4n) is 5.06. The minimum Gasteiger partial charge on any atom is -0.481 e. The molecule has 13 heteroatoms. The second kappa shape index (κ2) is 15.1. The molecule has 1 aromatic heterocycles. The number of nitrogens with zero attached hydrogens (tertiary/aromatic N) is 1. The molecule has 1 fully saturated rings. The maximum Gasteiger partial charge on any atom is 0.335 e. The van der Waals surface area contributed by atoms with E-state index in [1.165, 1.54) is 18.2 Å². The number of carbonyl (C=O) groups is 2. The number of carboxylic acids is 2. The lowest BCUT2D eigenvalue weighted by Gasteiger charge is -2.38. The van der Waals surface area contributed by atoms with Gasteiger partial charge in [-0.1, -0.05) is 52.0 Å². The summed E-state index contributed by atoms with van der Waals surface area (Å²) in [5, 5.41) is 69.7. The summed E-state index contributed by atoms with van der Waals surface area (Å²) >= 11 is 0. The number of carboxylic acid groups (broad SMARTS) is 2. The average Bonchev–Trinajstić information content (AvgIpc) is 2.93. The van der Waals surface area contributed by atoms with Gasteiger partial charge in [-0.25, -0.2) is 9.18 Å². The summed E-state index contributed by atoms with van der Waals surface area (Å²) in [6.45, 7) is 7.28. The first-order valence-corrected chi connectivity index (χ1v) is 14.2. The van der Waals surface area contributed by atoms with Crippen molar-refractivity contribution >= 4 is 18.0 Å². The lowest BCUT2D eigenvalue weighted by molar-refractivity contribution is -0.297. The number of benzene rings is 1. The molecular formula is C31H40FNO11. The molecule has 1 saturated heterocycles. The van der Waals surface area contributed by atoms with Crippen molar-refractivity contribution in [3.05, 3.63) is 58.7 Å². The van der Waals surface area contributed by atoms with E-state index in [-0.39, 0.29) is 24.9 Å². The largest absolute Gasteiger partial charge is 0.481 e. The number of rotatable bonds is 13. The number of ether oxygens (including phenoxy) is 2. The Balaban J connectivity index is 2.16. The van der Waals surface area contributed by atoms with Crippen molar-refractivity contribution in [2.24, 2.45) is 0 Å². The van der Waals surface area contributed by atoms with Crippen LogP contribution in [-0.2, 0) is 25.7 Å². The summed E-state index contributed by atoms with van der Waals surface area (Å²) in [5.41, 5.74) is 3.25. The van der Waals surface area contributed by atoms with Crippen molar-refractivity contribution in [1.82, 2.24) is 4.98 Å². The van der Waals surface area contributed by atoms with Crippen LogP contribution in [0.5, 0.6) is 0 Å². The van der Waals surface area contributed by atoms with Crippen LogP contribution in [0.25, 0.3) is 17.2 Å². The lowest BCUT2D eigenvalue weighted by atomic mass is 9.87. The summed E-state index contributed by atoms with van der Waals surface area (Å²) in [6, 6.07) is 5.61. The molecule has 2 aromatic rings. The van der Waals surface area contributed by atoms with Crippen molar-refractivity contribution in [3.63, 3.8) is 0 Å². The number of aliphatic hydroxyl groups is 5. The molecule has 1 unspecified atom stereocenters. The van der Waals surface area contributed by atoms with Crippen LogP contribution in [0.2, 0.25) is 0 Å². The maximum absolute atomic E-state index is 14.0. The Kier molecular flexibility index (Phi) is 12.1. The van der Waals surface area contributed by atoms with Gasteiger partial charge in [0.1, 0.15) is 24.1 Å². The van der Waals surface area contributed by atoms with Crippen molar-refractivity contribution in [3.8, 4) is 11.1 Å². The summed E-state index contributed by atoms with van der Waals surface area (Å²) in [7, 11) is 0. The summed E-state index contributed by atoms with van der Waals surface area (Å²) in [5.74, 6) is -3.59. The summed E-state index contributed by atoms with van der Waals surface area (Å²) < 4.78 is 25.1. The maximum atomic E-state index is 14.0. The van der Waals surface area contributed by atoms with Gasteiger partial charge in [-0.15, -0.1) is 0 Å². The Morgan fingerprint density at radius 2 is 1.59 bits per heavy atom. The summed E-state index contributed by atoms with van der Waals surface area (Å²) in [6.07, 6.45) is -9.37. The van der Waals surface area contributed by atoms with E-state index >= 15 is 0 Å². The van der Waals surface area contributed by atoms with E-state index in [1.807, 2.05) is 27.7 Å². The van der Waals surface area contributed by atoms with Gasteiger partial charge in [0, 0.05) is 23.2 Å². The first-order valence-electron chi connectivity index (χ1n) is 14.2. The van der Waals surface area contributed by atoms with E-state index in [1.54, 1.807) is 18.2 Å². The molecule has 0 amide bonds. The molecule has 7 N–H and O–H groups in total.